The number of hydrogen-bond donors (Lipinski definition) is 2. The van der Waals surface area contributed by atoms with E-state index < -0.39 is 0 Å². The van der Waals surface area contributed by atoms with Crippen molar-refractivity contribution >= 4 is 34.0 Å². The molecular formula is C33H34N6O3. The van der Waals surface area contributed by atoms with E-state index in [4.69, 9.17) is 19.5 Å². The number of methoxy groups -OCH3 is 2. The number of hydrogen-bond acceptors (Lipinski definition) is 7. The van der Waals surface area contributed by atoms with E-state index in [1.54, 1.807) is 20.4 Å². The van der Waals surface area contributed by atoms with Crippen molar-refractivity contribution in [3.8, 4) is 23.0 Å². The highest BCUT2D eigenvalue weighted by molar-refractivity contribution is 5.89. The lowest BCUT2D eigenvalue weighted by atomic mass is 9.93. The average Bonchev–Trinajstić information content (AvgIpc) is 3.01. The summed E-state index contributed by atoms with van der Waals surface area (Å²) >= 11 is 0. The molecule has 9 nitrogen and oxygen atoms in total. The Bertz CT molecular complexity index is 1760. The summed E-state index contributed by atoms with van der Waals surface area (Å²) in [5.41, 5.74) is 6.85. The summed E-state index contributed by atoms with van der Waals surface area (Å²) in [5, 5.41) is 7.23. The maximum atomic E-state index is 11.6. The normalized spacial score (nSPS) is 17.4. The lowest BCUT2D eigenvalue weighted by molar-refractivity contribution is -0.114. The van der Waals surface area contributed by atoms with Gasteiger partial charge in [-0.25, -0.2) is 9.97 Å². The molecule has 1 amide bonds. The predicted octanol–water partition coefficient (Wildman–Crippen LogP) is 6.09. The number of carbonyl (C=O) groups excluding carboxylic acids is 1. The molecule has 0 atom stereocenters. The second-order valence-corrected chi connectivity index (χ2v) is 10.5. The zero-order valence-corrected chi connectivity index (χ0v) is 24.0. The van der Waals surface area contributed by atoms with E-state index in [1.165, 1.54) is 6.92 Å². The number of para-hydroxylation sites is 2. The van der Waals surface area contributed by atoms with Crippen LogP contribution in [0.4, 0.5) is 17.1 Å². The van der Waals surface area contributed by atoms with Gasteiger partial charge < -0.3 is 24.7 Å². The standard InChI is InChI=1S/C33H34N6O3/c1-21(40)35-22-10-14-24(15-11-22)39-31-9-5-4-7-26(31)37-30-19-28(38-27-8-6-18-34-33(27)42-3)29(20-32(30)39)36-23-12-16-25(41-2)17-13-23/h4-11,14-15,18-20,23,25,38H,12-13,16-17H2,1-3H3,(H,35,40)/b36-29+. The number of rotatable bonds is 7. The Morgan fingerprint density at radius 1 is 0.952 bits per heavy atom. The smallest absolute Gasteiger partial charge is 0.237 e. The van der Waals surface area contributed by atoms with Gasteiger partial charge in [-0.15, -0.1) is 0 Å². The molecule has 214 valence electrons. The van der Waals surface area contributed by atoms with Crippen LogP contribution in [0.15, 0.2) is 84.0 Å². The Hall–Kier alpha value is -4.76. The van der Waals surface area contributed by atoms with E-state index >= 15 is 0 Å². The Morgan fingerprint density at radius 2 is 1.74 bits per heavy atom. The highest BCUT2D eigenvalue weighted by Gasteiger charge is 2.22. The van der Waals surface area contributed by atoms with Gasteiger partial charge in [-0.1, -0.05) is 12.1 Å². The molecule has 2 N–H and O–H groups in total. The highest BCUT2D eigenvalue weighted by Crippen LogP contribution is 2.32. The second-order valence-electron chi connectivity index (χ2n) is 10.5. The Balaban J connectivity index is 1.55. The molecule has 2 heterocycles. The van der Waals surface area contributed by atoms with Gasteiger partial charge >= 0.3 is 0 Å². The summed E-state index contributed by atoms with van der Waals surface area (Å²) in [5.74, 6) is 0.399. The van der Waals surface area contributed by atoms with Gasteiger partial charge in [0, 0.05) is 31.6 Å². The van der Waals surface area contributed by atoms with Crippen LogP contribution >= 0.6 is 0 Å². The first-order valence-corrected chi connectivity index (χ1v) is 14.2. The topological polar surface area (TPSA) is 103 Å². The molecule has 1 saturated carbocycles. The number of ether oxygens (including phenoxy) is 2. The van der Waals surface area contributed by atoms with Gasteiger partial charge in [0.15, 0.2) is 0 Å². The second kappa shape index (κ2) is 12.0. The van der Waals surface area contributed by atoms with E-state index in [9.17, 15) is 4.79 Å². The first-order valence-electron chi connectivity index (χ1n) is 14.2. The minimum Gasteiger partial charge on any atom is -0.480 e. The van der Waals surface area contributed by atoms with Crippen LogP contribution in [0.25, 0.3) is 28.1 Å². The first-order chi connectivity index (χ1) is 20.5. The average molecular weight is 563 g/mol. The zero-order chi connectivity index (χ0) is 29.1. The van der Waals surface area contributed by atoms with Crippen LogP contribution in [0.5, 0.6) is 5.88 Å². The fourth-order valence-electron chi connectivity index (χ4n) is 5.62. The molecule has 2 aromatic carbocycles. The Labute approximate surface area is 244 Å². The van der Waals surface area contributed by atoms with Crippen molar-refractivity contribution in [1.82, 2.24) is 14.5 Å². The molecule has 3 aromatic rings. The molecular weight excluding hydrogens is 528 g/mol. The molecule has 6 rings (SSSR count). The molecule has 42 heavy (non-hydrogen) atoms. The Morgan fingerprint density at radius 3 is 2.48 bits per heavy atom. The zero-order valence-electron chi connectivity index (χ0n) is 24.0. The molecule has 0 spiro atoms. The number of benzene rings is 3. The van der Waals surface area contributed by atoms with Gasteiger partial charge in [0.25, 0.3) is 0 Å². The van der Waals surface area contributed by atoms with Crippen molar-refractivity contribution in [1.29, 1.82) is 0 Å². The van der Waals surface area contributed by atoms with Crippen molar-refractivity contribution in [3.63, 3.8) is 0 Å². The molecule has 1 fully saturated rings. The molecule has 0 bridgehead atoms. The molecule has 2 aliphatic carbocycles. The van der Waals surface area contributed by atoms with E-state index in [2.05, 4.69) is 38.4 Å². The van der Waals surface area contributed by atoms with Gasteiger partial charge in [-0.05, 0) is 86.3 Å². The predicted molar refractivity (Wildman–Crippen MR) is 165 cm³/mol. The van der Waals surface area contributed by atoms with E-state index in [1.807, 2.05) is 54.6 Å². The minimum absolute atomic E-state index is 0.105. The van der Waals surface area contributed by atoms with E-state index in [-0.39, 0.29) is 11.9 Å². The highest BCUT2D eigenvalue weighted by atomic mass is 16.5. The number of pyridine rings is 1. The van der Waals surface area contributed by atoms with Gasteiger partial charge in [0.2, 0.25) is 11.8 Å². The van der Waals surface area contributed by atoms with Crippen molar-refractivity contribution < 1.29 is 14.3 Å². The number of amides is 1. The summed E-state index contributed by atoms with van der Waals surface area (Å²) in [7, 11) is 3.40. The van der Waals surface area contributed by atoms with Crippen molar-refractivity contribution in [2.75, 3.05) is 24.9 Å². The van der Waals surface area contributed by atoms with Gasteiger partial charge in [0.1, 0.15) is 5.69 Å². The third kappa shape index (κ3) is 5.69. The van der Waals surface area contributed by atoms with Gasteiger partial charge in [-0.3, -0.25) is 9.79 Å². The van der Waals surface area contributed by atoms with Crippen molar-refractivity contribution in [3.05, 3.63) is 84.4 Å². The third-order valence-corrected chi connectivity index (χ3v) is 7.68. The molecule has 3 aliphatic rings. The number of aromatic nitrogens is 3. The fourth-order valence-corrected chi connectivity index (χ4v) is 5.62. The number of nitrogens with one attached hydrogen (secondary N) is 2. The van der Waals surface area contributed by atoms with E-state index in [0.717, 1.165) is 76.2 Å². The van der Waals surface area contributed by atoms with Gasteiger partial charge in [0.05, 0.1) is 52.7 Å². The largest absolute Gasteiger partial charge is 0.480 e. The summed E-state index contributed by atoms with van der Waals surface area (Å²) in [6.07, 6.45) is 5.91. The van der Waals surface area contributed by atoms with Crippen LogP contribution in [0.3, 0.4) is 0 Å². The fraction of sp³-hybridized carbons (Fsp3) is 0.273. The summed E-state index contributed by atoms with van der Waals surface area (Å²) in [6.45, 7) is 1.51. The molecule has 1 aromatic heterocycles. The third-order valence-electron chi connectivity index (χ3n) is 7.68. The number of anilines is 3. The quantitative estimate of drug-likeness (QED) is 0.233. The lowest BCUT2D eigenvalue weighted by Crippen LogP contribution is -2.25. The summed E-state index contributed by atoms with van der Waals surface area (Å²) in [4.78, 5) is 26.3. The van der Waals surface area contributed by atoms with Crippen LogP contribution in [0, 0.1) is 0 Å². The van der Waals surface area contributed by atoms with Crippen LogP contribution < -0.4 is 20.7 Å². The number of carbonyl (C=O) groups is 1. The van der Waals surface area contributed by atoms with Crippen molar-refractivity contribution in [2.45, 2.75) is 44.8 Å². The Kier molecular flexibility index (Phi) is 7.83. The molecule has 0 unspecified atom stereocenters. The van der Waals surface area contributed by atoms with Gasteiger partial charge in [-0.2, -0.15) is 0 Å². The lowest BCUT2D eigenvalue weighted by Gasteiger charge is -2.25. The van der Waals surface area contributed by atoms with Crippen LogP contribution in [0.2, 0.25) is 0 Å². The minimum atomic E-state index is -0.105. The molecule has 0 radical (unpaired) electrons. The first kappa shape index (κ1) is 27.4. The maximum Gasteiger partial charge on any atom is 0.237 e. The number of nitrogens with zero attached hydrogens (tertiary/aromatic N) is 4. The molecule has 1 aliphatic heterocycles. The summed E-state index contributed by atoms with van der Waals surface area (Å²) < 4.78 is 13.3. The number of fused-ring (bicyclic) bond motifs is 2. The van der Waals surface area contributed by atoms with Crippen LogP contribution in [0.1, 0.15) is 32.6 Å². The summed E-state index contributed by atoms with van der Waals surface area (Å²) in [6, 6.07) is 24.1. The van der Waals surface area contributed by atoms with Crippen LogP contribution in [-0.2, 0) is 9.53 Å². The van der Waals surface area contributed by atoms with Crippen LogP contribution in [-0.4, -0.2) is 46.8 Å². The maximum absolute atomic E-state index is 11.6. The molecule has 0 saturated heterocycles. The SMILES string of the molecule is COc1ncccc1Nc1cc2nc3ccccc3n(-c3ccc(NC(C)=O)cc3)c-2c/c1=N\C1CCC(OC)CC1. The van der Waals surface area contributed by atoms with E-state index in [0.29, 0.717) is 12.0 Å². The molecule has 9 heteroatoms. The van der Waals surface area contributed by atoms with Crippen molar-refractivity contribution in [2.24, 2.45) is 4.99 Å². The monoisotopic (exact) mass is 562 g/mol.